The molecule has 2 aromatic carbocycles. The molecule has 5 nitrogen and oxygen atoms in total. The monoisotopic (exact) mass is 402 g/mol. The first-order chi connectivity index (χ1) is 13.4. The first-order valence-electron chi connectivity index (χ1n) is 9.71. The van der Waals surface area contributed by atoms with Gasteiger partial charge < -0.3 is 19.9 Å². The molecule has 1 heterocycles. The third-order valence-electron chi connectivity index (χ3n) is 5.75. The lowest BCUT2D eigenvalue weighted by Crippen LogP contribution is -3.19. The van der Waals surface area contributed by atoms with E-state index in [1.54, 1.807) is 19.2 Å². The van der Waals surface area contributed by atoms with E-state index in [4.69, 9.17) is 16.3 Å². The molecule has 0 unspecified atom stereocenters. The lowest BCUT2D eigenvalue weighted by atomic mass is 10.1. The lowest BCUT2D eigenvalue weighted by Gasteiger charge is -2.36. The van der Waals surface area contributed by atoms with Crippen LogP contribution < -0.4 is 19.9 Å². The van der Waals surface area contributed by atoms with E-state index in [-0.39, 0.29) is 11.9 Å². The Morgan fingerprint density at radius 3 is 2.57 bits per heavy atom. The van der Waals surface area contributed by atoms with Crippen LogP contribution in [0, 0.1) is 13.8 Å². The Kier molecular flexibility index (Phi) is 6.47. The fourth-order valence-corrected chi connectivity index (χ4v) is 3.98. The van der Waals surface area contributed by atoms with Crippen LogP contribution >= 0.6 is 11.6 Å². The molecule has 0 spiro atoms. The zero-order valence-corrected chi connectivity index (χ0v) is 17.8. The van der Waals surface area contributed by atoms with Crippen molar-refractivity contribution in [3.63, 3.8) is 0 Å². The minimum atomic E-state index is -0.123. The minimum absolute atomic E-state index is 0.0106. The smallest absolute Gasteiger partial charge is 0.282 e. The molecule has 1 aliphatic rings. The number of piperazine rings is 1. The molecule has 1 amide bonds. The standard InChI is InChI=1S/C22H28ClN3O2/c1-15-6-5-7-20(16(15)2)26-12-10-25(11-13-26)17(3)22(27)24-18-8-9-21(28-4)19(23)14-18/h5-9,14,17H,10-13H2,1-4H3,(H,24,27)/p+1/t17-/m1/s1. The largest absolute Gasteiger partial charge is 0.495 e. The quantitative estimate of drug-likeness (QED) is 0.808. The first-order valence-corrected chi connectivity index (χ1v) is 10.1. The van der Waals surface area contributed by atoms with Crippen molar-refractivity contribution >= 4 is 28.9 Å². The molecule has 1 fully saturated rings. The third kappa shape index (κ3) is 4.42. The van der Waals surface area contributed by atoms with Gasteiger partial charge >= 0.3 is 0 Å². The Morgan fingerprint density at radius 2 is 1.93 bits per heavy atom. The van der Waals surface area contributed by atoms with Gasteiger partial charge in [0.1, 0.15) is 5.75 Å². The molecule has 0 aromatic heterocycles. The average Bonchev–Trinajstić information content (AvgIpc) is 2.70. The van der Waals surface area contributed by atoms with Gasteiger partial charge in [-0.3, -0.25) is 4.79 Å². The summed E-state index contributed by atoms with van der Waals surface area (Å²) in [6, 6.07) is 11.6. The average molecular weight is 403 g/mol. The van der Waals surface area contributed by atoms with E-state index >= 15 is 0 Å². The highest BCUT2D eigenvalue weighted by molar-refractivity contribution is 6.32. The van der Waals surface area contributed by atoms with Crippen LogP contribution in [0.1, 0.15) is 18.1 Å². The van der Waals surface area contributed by atoms with Crippen molar-refractivity contribution in [2.24, 2.45) is 0 Å². The van der Waals surface area contributed by atoms with Gasteiger partial charge in [0.25, 0.3) is 5.91 Å². The highest BCUT2D eigenvalue weighted by atomic mass is 35.5. The van der Waals surface area contributed by atoms with Crippen molar-refractivity contribution in [3.8, 4) is 5.75 Å². The van der Waals surface area contributed by atoms with Gasteiger partial charge in [-0.1, -0.05) is 23.7 Å². The topological polar surface area (TPSA) is 46.0 Å². The summed E-state index contributed by atoms with van der Waals surface area (Å²) < 4.78 is 5.16. The highest BCUT2D eigenvalue weighted by Gasteiger charge is 2.29. The minimum Gasteiger partial charge on any atom is -0.495 e. The van der Waals surface area contributed by atoms with Crippen LogP contribution in [0.2, 0.25) is 5.02 Å². The van der Waals surface area contributed by atoms with Gasteiger partial charge in [-0.15, -0.1) is 0 Å². The summed E-state index contributed by atoms with van der Waals surface area (Å²) in [5.74, 6) is 0.609. The van der Waals surface area contributed by atoms with Crippen LogP contribution in [0.15, 0.2) is 36.4 Å². The Hall–Kier alpha value is -2.24. The molecule has 1 saturated heterocycles. The Balaban J connectivity index is 1.58. The van der Waals surface area contributed by atoms with E-state index in [2.05, 4.69) is 42.3 Å². The number of benzene rings is 2. The molecular formula is C22H29ClN3O2+. The zero-order valence-electron chi connectivity index (χ0n) is 17.0. The van der Waals surface area contributed by atoms with E-state index in [0.29, 0.717) is 16.5 Å². The molecular weight excluding hydrogens is 374 g/mol. The fourth-order valence-electron chi connectivity index (χ4n) is 3.73. The van der Waals surface area contributed by atoms with Crippen LogP contribution in [0.25, 0.3) is 0 Å². The molecule has 28 heavy (non-hydrogen) atoms. The van der Waals surface area contributed by atoms with E-state index in [1.807, 2.05) is 13.0 Å². The third-order valence-corrected chi connectivity index (χ3v) is 6.04. The molecule has 1 atom stereocenters. The molecule has 0 saturated carbocycles. The van der Waals surface area contributed by atoms with Crippen molar-refractivity contribution < 1.29 is 14.4 Å². The van der Waals surface area contributed by atoms with Crippen LogP contribution in [0.4, 0.5) is 11.4 Å². The van der Waals surface area contributed by atoms with Gasteiger partial charge in [0, 0.05) is 11.4 Å². The van der Waals surface area contributed by atoms with Crippen LogP contribution in [-0.2, 0) is 4.79 Å². The first kappa shape index (κ1) is 20.5. The van der Waals surface area contributed by atoms with Crippen molar-refractivity contribution in [1.29, 1.82) is 0 Å². The Labute approximate surface area is 172 Å². The Morgan fingerprint density at radius 1 is 1.21 bits per heavy atom. The molecule has 150 valence electrons. The molecule has 6 heteroatoms. The van der Waals surface area contributed by atoms with Gasteiger partial charge in [-0.05, 0) is 56.2 Å². The number of rotatable bonds is 5. The molecule has 1 aliphatic heterocycles. The number of nitrogens with zero attached hydrogens (tertiary/aromatic N) is 1. The summed E-state index contributed by atoms with van der Waals surface area (Å²) >= 11 is 6.15. The number of nitrogens with one attached hydrogen (secondary N) is 2. The summed E-state index contributed by atoms with van der Waals surface area (Å²) in [6.07, 6.45) is 0. The summed E-state index contributed by atoms with van der Waals surface area (Å²) in [4.78, 5) is 16.4. The maximum Gasteiger partial charge on any atom is 0.282 e. The second-order valence-corrected chi connectivity index (χ2v) is 7.83. The van der Waals surface area contributed by atoms with E-state index in [1.165, 1.54) is 21.7 Å². The number of aryl methyl sites for hydroxylation is 1. The summed E-state index contributed by atoms with van der Waals surface area (Å²) in [5.41, 5.74) is 4.66. The number of hydrogen-bond acceptors (Lipinski definition) is 3. The van der Waals surface area contributed by atoms with Gasteiger partial charge in [-0.2, -0.15) is 0 Å². The number of quaternary nitrogens is 1. The number of ether oxygens (including phenoxy) is 1. The lowest BCUT2D eigenvalue weighted by molar-refractivity contribution is -0.914. The molecule has 0 aliphatic carbocycles. The van der Waals surface area contributed by atoms with E-state index < -0.39 is 0 Å². The number of halogens is 1. The van der Waals surface area contributed by atoms with Gasteiger partial charge in [0.05, 0.1) is 38.3 Å². The predicted molar refractivity (Wildman–Crippen MR) is 115 cm³/mol. The maximum atomic E-state index is 12.7. The van der Waals surface area contributed by atoms with Crippen LogP contribution in [-0.4, -0.2) is 45.2 Å². The molecule has 3 rings (SSSR count). The number of methoxy groups -OCH3 is 1. The summed E-state index contributed by atoms with van der Waals surface area (Å²) in [7, 11) is 1.57. The van der Waals surface area contributed by atoms with Crippen molar-refractivity contribution in [2.75, 3.05) is 43.5 Å². The summed E-state index contributed by atoms with van der Waals surface area (Å²) in [5, 5.41) is 3.47. The second-order valence-electron chi connectivity index (χ2n) is 7.42. The van der Waals surface area contributed by atoms with Crippen LogP contribution in [0.5, 0.6) is 5.75 Å². The zero-order chi connectivity index (χ0) is 20.3. The molecule has 2 N–H and O–H groups in total. The normalized spacial score (nSPS) is 16.0. The SMILES string of the molecule is COc1ccc(NC(=O)[C@@H](C)[NH+]2CCN(c3cccc(C)c3C)CC2)cc1Cl. The number of carbonyl (C=O) groups excluding carboxylic acids is 1. The fraction of sp³-hybridized carbons (Fsp3) is 0.409. The summed E-state index contributed by atoms with van der Waals surface area (Å²) in [6.45, 7) is 10.1. The molecule has 2 aromatic rings. The highest BCUT2D eigenvalue weighted by Crippen LogP contribution is 2.27. The van der Waals surface area contributed by atoms with Crippen molar-refractivity contribution in [2.45, 2.75) is 26.8 Å². The van der Waals surface area contributed by atoms with Crippen molar-refractivity contribution in [3.05, 3.63) is 52.5 Å². The number of amides is 1. The molecule has 0 radical (unpaired) electrons. The van der Waals surface area contributed by atoms with Crippen molar-refractivity contribution in [1.82, 2.24) is 0 Å². The van der Waals surface area contributed by atoms with Gasteiger partial charge in [0.2, 0.25) is 0 Å². The van der Waals surface area contributed by atoms with E-state index in [0.717, 1.165) is 26.2 Å². The maximum absolute atomic E-state index is 12.7. The number of hydrogen-bond donors (Lipinski definition) is 2. The number of anilines is 2. The van der Waals surface area contributed by atoms with Gasteiger partial charge in [0.15, 0.2) is 6.04 Å². The van der Waals surface area contributed by atoms with Gasteiger partial charge in [-0.25, -0.2) is 0 Å². The second kappa shape index (κ2) is 8.84. The predicted octanol–water partition coefficient (Wildman–Crippen LogP) is 2.70. The number of carbonyl (C=O) groups is 1. The van der Waals surface area contributed by atoms with Crippen LogP contribution in [0.3, 0.4) is 0 Å². The Bertz CT molecular complexity index is 848. The molecule has 0 bridgehead atoms. The van der Waals surface area contributed by atoms with E-state index in [9.17, 15) is 4.79 Å².